The largest absolute Gasteiger partial charge is 0.356 e. The third-order valence-electron chi connectivity index (χ3n) is 5.40. The van der Waals surface area contributed by atoms with Gasteiger partial charge in [-0.2, -0.15) is 5.10 Å². The molecule has 7 nitrogen and oxygen atoms in total. The third kappa shape index (κ3) is 6.05. The van der Waals surface area contributed by atoms with Crippen LogP contribution in [0.4, 0.5) is 4.39 Å². The fourth-order valence-corrected chi connectivity index (χ4v) is 3.57. The molecule has 0 unspecified atom stereocenters. The highest BCUT2D eigenvalue weighted by Gasteiger charge is 2.21. The Bertz CT molecular complexity index is 920. The van der Waals surface area contributed by atoms with Gasteiger partial charge in [0.25, 0.3) is 0 Å². The molecule has 1 aromatic heterocycles. The Morgan fingerprint density at radius 2 is 2.10 bits per heavy atom. The van der Waals surface area contributed by atoms with Crippen LogP contribution in [0.1, 0.15) is 44.5 Å². The summed E-state index contributed by atoms with van der Waals surface area (Å²) in [5.41, 5.74) is 0.686. The summed E-state index contributed by atoms with van der Waals surface area (Å²) in [6.07, 6.45) is 3.81. The summed E-state index contributed by atoms with van der Waals surface area (Å²) in [6, 6.07) is 6.69. The van der Waals surface area contributed by atoms with Crippen LogP contribution in [0, 0.1) is 5.82 Å². The second kappa shape index (κ2) is 10.9. The minimum Gasteiger partial charge on any atom is -0.356 e. The van der Waals surface area contributed by atoms with Crippen LogP contribution in [0.15, 0.2) is 34.1 Å². The number of hydrogen-bond donors (Lipinski definition) is 2. The van der Waals surface area contributed by atoms with E-state index in [1.807, 2.05) is 6.07 Å². The quantitative estimate of drug-likeness (QED) is 0.250. The van der Waals surface area contributed by atoms with E-state index >= 15 is 0 Å². The van der Waals surface area contributed by atoms with Crippen LogP contribution in [-0.4, -0.2) is 40.4 Å². The van der Waals surface area contributed by atoms with Crippen molar-refractivity contribution in [2.45, 2.75) is 58.0 Å². The highest BCUT2D eigenvalue weighted by molar-refractivity contribution is 14.0. The van der Waals surface area contributed by atoms with Gasteiger partial charge in [0.05, 0.1) is 0 Å². The number of aryl methyl sites for hydroxylation is 2. The van der Waals surface area contributed by atoms with Gasteiger partial charge in [0.2, 0.25) is 0 Å². The van der Waals surface area contributed by atoms with Crippen LogP contribution >= 0.6 is 24.0 Å². The third-order valence-corrected chi connectivity index (χ3v) is 5.40. The maximum atomic E-state index is 13.5. The first-order valence-corrected chi connectivity index (χ1v) is 10.3. The lowest BCUT2D eigenvalue weighted by molar-refractivity contribution is 0.499. The van der Waals surface area contributed by atoms with E-state index in [9.17, 15) is 9.18 Å². The van der Waals surface area contributed by atoms with Crippen LogP contribution in [0.25, 0.3) is 0 Å². The van der Waals surface area contributed by atoms with E-state index in [1.54, 1.807) is 28.4 Å². The van der Waals surface area contributed by atoms with Crippen LogP contribution in [0.3, 0.4) is 0 Å². The molecule has 2 heterocycles. The van der Waals surface area contributed by atoms with Gasteiger partial charge in [0.1, 0.15) is 11.6 Å². The fraction of sp³-hybridized carbons (Fsp3) is 0.571. The molecular weight excluding hydrogens is 498 g/mol. The number of halogens is 2. The molecule has 0 saturated heterocycles. The van der Waals surface area contributed by atoms with Gasteiger partial charge in [-0.05, 0) is 37.0 Å². The molecule has 30 heavy (non-hydrogen) atoms. The lowest BCUT2D eigenvalue weighted by Crippen LogP contribution is -2.44. The number of fused-ring (bicyclic) bond motifs is 1. The Morgan fingerprint density at radius 1 is 1.30 bits per heavy atom. The Kier molecular flexibility index (Phi) is 8.87. The van der Waals surface area contributed by atoms with Gasteiger partial charge in [0, 0.05) is 45.1 Å². The number of nitrogens with one attached hydrogen (secondary N) is 2. The molecule has 0 aliphatic carbocycles. The van der Waals surface area contributed by atoms with Gasteiger partial charge >= 0.3 is 5.69 Å². The van der Waals surface area contributed by atoms with Crippen molar-refractivity contribution >= 4 is 29.9 Å². The smallest absolute Gasteiger partial charge is 0.345 e. The van der Waals surface area contributed by atoms with Gasteiger partial charge in [-0.15, -0.1) is 24.0 Å². The molecule has 3 rings (SSSR count). The summed E-state index contributed by atoms with van der Waals surface area (Å²) in [6.45, 7) is 6.78. The van der Waals surface area contributed by atoms with Crippen molar-refractivity contribution < 1.29 is 4.39 Å². The molecule has 0 amide bonds. The number of nitrogens with zero attached hydrogens (tertiary/aromatic N) is 4. The number of rotatable bonds is 7. The van der Waals surface area contributed by atoms with Crippen molar-refractivity contribution in [1.82, 2.24) is 25.0 Å². The molecule has 1 aliphatic heterocycles. The molecule has 2 aromatic rings. The average molecular weight is 530 g/mol. The second-order valence-electron chi connectivity index (χ2n) is 8.13. The minimum atomic E-state index is -0.247. The molecule has 0 fully saturated rings. The average Bonchev–Trinajstić information content (AvgIpc) is 3.03. The van der Waals surface area contributed by atoms with Crippen LogP contribution in [0.2, 0.25) is 0 Å². The van der Waals surface area contributed by atoms with E-state index in [2.05, 4.69) is 34.6 Å². The molecule has 1 aromatic carbocycles. The first kappa shape index (κ1) is 24.4. The zero-order chi connectivity index (χ0) is 20.9. The van der Waals surface area contributed by atoms with E-state index in [-0.39, 0.29) is 40.9 Å². The predicted octanol–water partition coefficient (Wildman–Crippen LogP) is 2.67. The summed E-state index contributed by atoms with van der Waals surface area (Å²) in [7, 11) is 1.72. The van der Waals surface area contributed by atoms with Crippen molar-refractivity contribution in [2.75, 3.05) is 20.1 Å². The highest BCUT2D eigenvalue weighted by Crippen LogP contribution is 2.22. The van der Waals surface area contributed by atoms with E-state index in [4.69, 9.17) is 0 Å². The first-order chi connectivity index (χ1) is 13.9. The number of aromatic nitrogens is 3. The van der Waals surface area contributed by atoms with Gasteiger partial charge in [-0.25, -0.2) is 13.9 Å². The fourth-order valence-electron chi connectivity index (χ4n) is 3.57. The number of guanidine groups is 1. The summed E-state index contributed by atoms with van der Waals surface area (Å²) in [5, 5.41) is 11.0. The van der Waals surface area contributed by atoms with E-state index in [0.29, 0.717) is 25.6 Å². The van der Waals surface area contributed by atoms with Crippen molar-refractivity contribution in [1.29, 1.82) is 0 Å². The summed E-state index contributed by atoms with van der Waals surface area (Å²) >= 11 is 0. The maximum Gasteiger partial charge on any atom is 0.345 e. The van der Waals surface area contributed by atoms with Gasteiger partial charge in [-0.1, -0.05) is 26.0 Å². The first-order valence-electron chi connectivity index (χ1n) is 10.3. The summed E-state index contributed by atoms with van der Waals surface area (Å²) in [4.78, 5) is 16.6. The lowest BCUT2D eigenvalue weighted by atomic mass is 9.84. The lowest BCUT2D eigenvalue weighted by Gasteiger charge is -2.26. The molecule has 9 heteroatoms. The molecule has 0 atom stereocenters. The van der Waals surface area contributed by atoms with Gasteiger partial charge < -0.3 is 10.6 Å². The summed E-state index contributed by atoms with van der Waals surface area (Å²) in [5.74, 6) is 1.37. The Balaban J connectivity index is 0.00000320. The second-order valence-corrected chi connectivity index (χ2v) is 8.13. The summed E-state index contributed by atoms with van der Waals surface area (Å²) < 4.78 is 16.9. The van der Waals surface area contributed by atoms with E-state index < -0.39 is 0 Å². The number of benzene rings is 1. The Morgan fingerprint density at radius 3 is 2.80 bits per heavy atom. The molecule has 0 saturated carbocycles. The Labute approximate surface area is 194 Å². The van der Waals surface area contributed by atoms with Crippen LogP contribution in [0.5, 0.6) is 0 Å². The zero-order valence-electron chi connectivity index (χ0n) is 17.9. The van der Waals surface area contributed by atoms with Crippen LogP contribution < -0.4 is 16.3 Å². The molecular formula is C21H32FIN6O. The topological polar surface area (TPSA) is 76.2 Å². The minimum absolute atomic E-state index is 0. The van der Waals surface area contributed by atoms with Crippen molar-refractivity contribution in [3.63, 3.8) is 0 Å². The van der Waals surface area contributed by atoms with Crippen molar-refractivity contribution in [3.05, 3.63) is 52.0 Å². The van der Waals surface area contributed by atoms with E-state index in [1.165, 1.54) is 6.07 Å². The molecule has 0 spiro atoms. The van der Waals surface area contributed by atoms with Crippen LogP contribution in [-0.2, 0) is 24.9 Å². The number of hydrogen-bond acceptors (Lipinski definition) is 3. The van der Waals surface area contributed by atoms with Gasteiger partial charge in [0.15, 0.2) is 5.96 Å². The molecule has 0 bridgehead atoms. The maximum absolute atomic E-state index is 13.5. The molecule has 0 radical (unpaired) electrons. The van der Waals surface area contributed by atoms with E-state index in [0.717, 1.165) is 43.6 Å². The zero-order valence-corrected chi connectivity index (χ0v) is 20.3. The SMILES string of the molecule is CN=C(NCCCn1nc2n(c1=O)CCCC2)NCC(C)(C)c1cccc(F)c1.I. The molecule has 1 aliphatic rings. The normalized spacial score (nSPS) is 14.1. The van der Waals surface area contributed by atoms with Crippen molar-refractivity contribution in [3.8, 4) is 0 Å². The predicted molar refractivity (Wildman–Crippen MR) is 128 cm³/mol. The number of aliphatic imine (C=N–C) groups is 1. The van der Waals surface area contributed by atoms with Gasteiger partial charge in [-0.3, -0.25) is 9.56 Å². The standard InChI is InChI=1S/C21H31FN6O.HI/c1-21(2,16-8-6-9-17(22)14-16)15-25-19(23-3)24-11-7-13-28-20(29)27-12-5-4-10-18(27)26-28;/h6,8-9,14H,4-5,7,10-13,15H2,1-3H3,(H2,23,24,25);1H. The monoisotopic (exact) mass is 530 g/mol. The molecule has 166 valence electrons. The Hall–Kier alpha value is -1.91. The highest BCUT2D eigenvalue weighted by atomic mass is 127. The molecule has 2 N–H and O–H groups in total. The van der Waals surface area contributed by atoms with Crippen molar-refractivity contribution in [2.24, 2.45) is 4.99 Å².